The van der Waals surface area contributed by atoms with E-state index in [1.807, 2.05) is 0 Å². The van der Waals surface area contributed by atoms with Crippen LogP contribution in [0.25, 0.3) is 0 Å². The molecule has 7 nitrogen and oxygen atoms in total. The molecule has 0 aromatic carbocycles. The summed E-state index contributed by atoms with van der Waals surface area (Å²) in [4.78, 5) is 35.7. The number of amides is 2. The lowest BCUT2D eigenvalue weighted by atomic mass is 9.87. The van der Waals surface area contributed by atoms with Crippen molar-refractivity contribution < 1.29 is 24.2 Å². The summed E-state index contributed by atoms with van der Waals surface area (Å²) in [5, 5.41) is 11.6. The second-order valence-electron chi connectivity index (χ2n) is 5.89. The fraction of sp³-hybridized carbons (Fsp3) is 0.769. The summed E-state index contributed by atoms with van der Waals surface area (Å²) < 4.78 is 4.57. The van der Waals surface area contributed by atoms with Crippen molar-refractivity contribution in [2.45, 2.75) is 33.7 Å². The van der Waals surface area contributed by atoms with Crippen molar-refractivity contribution in [3.63, 3.8) is 0 Å². The minimum Gasteiger partial charge on any atom is -0.480 e. The Morgan fingerprint density at radius 2 is 1.80 bits per heavy atom. The molecule has 0 aliphatic carbocycles. The number of carboxylic acid groups (broad SMARTS) is 1. The zero-order valence-electron chi connectivity index (χ0n) is 12.9. The normalized spacial score (nSPS) is 14.1. The molecule has 0 aromatic rings. The molecule has 0 rings (SSSR count). The van der Waals surface area contributed by atoms with Crippen LogP contribution in [0.15, 0.2) is 0 Å². The van der Waals surface area contributed by atoms with Gasteiger partial charge in [-0.05, 0) is 5.41 Å². The van der Waals surface area contributed by atoms with E-state index in [0.29, 0.717) is 0 Å². The van der Waals surface area contributed by atoms with Crippen LogP contribution in [0.5, 0.6) is 0 Å². The van der Waals surface area contributed by atoms with Crippen molar-refractivity contribution in [3.05, 3.63) is 0 Å². The van der Waals surface area contributed by atoms with Crippen LogP contribution >= 0.6 is 0 Å². The highest BCUT2D eigenvalue weighted by atomic mass is 16.5. The largest absolute Gasteiger partial charge is 0.480 e. The molecule has 0 fully saturated rings. The van der Waals surface area contributed by atoms with Crippen molar-refractivity contribution >= 4 is 18.0 Å². The average Bonchev–Trinajstić information content (AvgIpc) is 2.32. The van der Waals surface area contributed by atoms with Gasteiger partial charge in [0.1, 0.15) is 6.04 Å². The molecule has 1 unspecified atom stereocenters. The maximum atomic E-state index is 12.0. The predicted molar refractivity (Wildman–Crippen MR) is 73.2 cm³/mol. The second-order valence-corrected chi connectivity index (χ2v) is 5.89. The van der Waals surface area contributed by atoms with E-state index in [1.54, 1.807) is 27.7 Å². The van der Waals surface area contributed by atoms with Crippen LogP contribution in [-0.4, -0.2) is 54.7 Å². The third-order valence-electron chi connectivity index (χ3n) is 2.88. The van der Waals surface area contributed by atoms with Crippen molar-refractivity contribution in [2.24, 2.45) is 11.3 Å². The number of hydrogen-bond acceptors (Lipinski definition) is 4. The SMILES string of the molecule is COC(=O)C(C)CN(C)C(=O)N[C@@H](C(=O)O)C(C)(C)C. The molecule has 20 heavy (non-hydrogen) atoms. The Labute approximate surface area is 119 Å². The number of esters is 1. The summed E-state index contributed by atoms with van der Waals surface area (Å²) in [5.74, 6) is -2.00. The summed E-state index contributed by atoms with van der Waals surface area (Å²) in [6.45, 7) is 6.96. The lowest BCUT2D eigenvalue weighted by Gasteiger charge is -2.30. The van der Waals surface area contributed by atoms with Gasteiger partial charge in [0.2, 0.25) is 0 Å². The van der Waals surface area contributed by atoms with Gasteiger partial charge < -0.3 is 20.1 Å². The molecule has 7 heteroatoms. The fourth-order valence-electron chi connectivity index (χ4n) is 1.65. The van der Waals surface area contributed by atoms with Crippen molar-refractivity contribution in [1.82, 2.24) is 10.2 Å². The Kier molecular flexibility index (Phi) is 6.48. The smallest absolute Gasteiger partial charge is 0.326 e. The van der Waals surface area contributed by atoms with E-state index in [9.17, 15) is 14.4 Å². The molecule has 0 radical (unpaired) electrons. The van der Waals surface area contributed by atoms with Gasteiger partial charge in [0.25, 0.3) is 0 Å². The highest BCUT2D eigenvalue weighted by molar-refractivity contribution is 5.83. The van der Waals surface area contributed by atoms with Crippen LogP contribution in [0, 0.1) is 11.3 Å². The van der Waals surface area contributed by atoms with Crippen LogP contribution in [0.4, 0.5) is 4.79 Å². The summed E-state index contributed by atoms with van der Waals surface area (Å²) in [6, 6.07) is -1.55. The molecule has 0 saturated carbocycles. The van der Waals surface area contributed by atoms with Crippen molar-refractivity contribution in [1.29, 1.82) is 0 Å². The number of hydrogen-bond donors (Lipinski definition) is 2. The fourth-order valence-corrected chi connectivity index (χ4v) is 1.65. The number of rotatable bonds is 5. The van der Waals surface area contributed by atoms with E-state index in [2.05, 4.69) is 10.1 Å². The lowest BCUT2D eigenvalue weighted by molar-refractivity contribution is -0.145. The van der Waals surface area contributed by atoms with E-state index in [4.69, 9.17) is 5.11 Å². The van der Waals surface area contributed by atoms with Gasteiger partial charge in [-0.1, -0.05) is 27.7 Å². The number of nitrogens with zero attached hydrogens (tertiary/aromatic N) is 1. The number of urea groups is 1. The van der Waals surface area contributed by atoms with Crippen LogP contribution in [0.2, 0.25) is 0 Å². The number of aliphatic carboxylic acids is 1. The van der Waals surface area contributed by atoms with Gasteiger partial charge in [0, 0.05) is 13.6 Å². The van der Waals surface area contributed by atoms with E-state index < -0.39 is 35.3 Å². The molecule has 2 atom stereocenters. The van der Waals surface area contributed by atoms with Gasteiger partial charge in [-0.15, -0.1) is 0 Å². The average molecular weight is 288 g/mol. The third kappa shape index (κ3) is 5.46. The van der Waals surface area contributed by atoms with E-state index >= 15 is 0 Å². The van der Waals surface area contributed by atoms with E-state index in [1.165, 1.54) is 19.1 Å². The van der Waals surface area contributed by atoms with E-state index in [0.717, 1.165) is 0 Å². The maximum Gasteiger partial charge on any atom is 0.326 e. The molecule has 0 aliphatic rings. The summed E-state index contributed by atoms with van der Waals surface area (Å²) in [6.07, 6.45) is 0. The summed E-state index contributed by atoms with van der Waals surface area (Å²) >= 11 is 0. The first kappa shape index (κ1) is 18.2. The van der Waals surface area contributed by atoms with Crippen LogP contribution in [-0.2, 0) is 14.3 Å². The second kappa shape index (κ2) is 7.12. The van der Waals surface area contributed by atoms with Gasteiger partial charge >= 0.3 is 18.0 Å². The highest BCUT2D eigenvalue weighted by Crippen LogP contribution is 2.19. The van der Waals surface area contributed by atoms with Gasteiger partial charge in [0.15, 0.2) is 0 Å². The Morgan fingerprint density at radius 3 is 2.15 bits per heavy atom. The van der Waals surface area contributed by atoms with Gasteiger partial charge in [0.05, 0.1) is 13.0 Å². The Hall–Kier alpha value is -1.79. The Bertz CT molecular complexity index is 375. The molecule has 116 valence electrons. The summed E-state index contributed by atoms with van der Waals surface area (Å²) in [5.41, 5.74) is -0.615. The molecule has 2 amide bonds. The highest BCUT2D eigenvalue weighted by Gasteiger charge is 2.33. The quantitative estimate of drug-likeness (QED) is 0.734. The van der Waals surface area contributed by atoms with Crippen molar-refractivity contribution in [2.75, 3.05) is 20.7 Å². The molecule has 0 saturated heterocycles. The molecule has 0 spiro atoms. The lowest BCUT2D eigenvalue weighted by Crippen LogP contribution is -2.53. The number of carbonyl (C=O) groups excluding carboxylic acids is 2. The predicted octanol–water partition coefficient (Wildman–Crippen LogP) is 0.936. The van der Waals surface area contributed by atoms with Gasteiger partial charge in [-0.25, -0.2) is 9.59 Å². The van der Waals surface area contributed by atoms with Crippen LogP contribution < -0.4 is 5.32 Å². The van der Waals surface area contributed by atoms with Gasteiger partial charge in [-0.3, -0.25) is 4.79 Å². The first-order valence-corrected chi connectivity index (χ1v) is 6.33. The molecule has 0 bridgehead atoms. The topological polar surface area (TPSA) is 95.9 Å². The summed E-state index contributed by atoms with van der Waals surface area (Å²) in [7, 11) is 2.77. The first-order chi connectivity index (χ1) is 9.00. The van der Waals surface area contributed by atoms with Gasteiger partial charge in [-0.2, -0.15) is 0 Å². The van der Waals surface area contributed by atoms with Crippen LogP contribution in [0.1, 0.15) is 27.7 Å². The zero-order chi connectivity index (χ0) is 16.1. The standard InChI is InChI=1S/C13H24N2O5/c1-8(11(18)20-6)7-15(5)12(19)14-9(10(16)17)13(2,3)4/h8-9H,7H2,1-6H3,(H,14,19)(H,16,17)/t8?,9-/m0/s1. The minimum absolute atomic E-state index is 0.148. The zero-order valence-corrected chi connectivity index (χ0v) is 12.9. The molecular formula is C13H24N2O5. The molecule has 2 N–H and O–H groups in total. The van der Waals surface area contributed by atoms with Crippen molar-refractivity contribution in [3.8, 4) is 0 Å². The van der Waals surface area contributed by atoms with Crippen LogP contribution in [0.3, 0.4) is 0 Å². The number of ether oxygens (including phenoxy) is 1. The van der Waals surface area contributed by atoms with E-state index in [-0.39, 0.29) is 6.54 Å². The number of carbonyl (C=O) groups is 3. The minimum atomic E-state index is -1.10. The molecule has 0 aliphatic heterocycles. The number of nitrogens with one attached hydrogen (secondary N) is 1. The monoisotopic (exact) mass is 288 g/mol. The maximum absolute atomic E-state index is 12.0. The Morgan fingerprint density at radius 1 is 1.30 bits per heavy atom. The number of methoxy groups -OCH3 is 1. The third-order valence-corrected chi connectivity index (χ3v) is 2.88. The first-order valence-electron chi connectivity index (χ1n) is 6.33. The Balaban J connectivity index is 4.67. The molecule has 0 aromatic heterocycles. The molecule has 0 heterocycles. The molecular weight excluding hydrogens is 264 g/mol. The number of carboxylic acids is 1.